The van der Waals surface area contributed by atoms with E-state index in [0.29, 0.717) is 13.1 Å². The average molecular weight is 557 g/mol. The minimum atomic E-state index is -0.122. The van der Waals surface area contributed by atoms with E-state index in [-0.39, 0.29) is 30.1 Å². The molecule has 0 amide bonds. The summed E-state index contributed by atoms with van der Waals surface area (Å²) in [5.41, 5.74) is 3.58. The number of aliphatic imine (C=N–C) groups is 1. The molecule has 1 saturated heterocycles. The Bertz CT molecular complexity index is 823. The molecule has 0 radical (unpaired) electrons. The summed E-state index contributed by atoms with van der Waals surface area (Å²) in [6, 6.07) is 16.6. The molecule has 0 bridgehead atoms. The van der Waals surface area contributed by atoms with E-state index in [1.807, 2.05) is 31.3 Å². The normalized spacial score (nSPS) is 15.4. The van der Waals surface area contributed by atoms with Gasteiger partial charge in [0.2, 0.25) is 0 Å². The van der Waals surface area contributed by atoms with Crippen LogP contribution in [0.4, 0.5) is 0 Å². The molecule has 0 spiro atoms. The van der Waals surface area contributed by atoms with Gasteiger partial charge in [0.05, 0.1) is 12.6 Å². The Labute approximate surface area is 208 Å². The van der Waals surface area contributed by atoms with Crippen molar-refractivity contribution >= 4 is 41.5 Å². The Balaban J connectivity index is 0.00000341. The van der Waals surface area contributed by atoms with E-state index in [2.05, 4.69) is 46.3 Å². The first-order valence-corrected chi connectivity index (χ1v) is 11.1. The Morgan fingerprint density at radius 2 is 1.77 bits per heavy atom. The highest BCUT2D eigenvalue weighted by atomic mass is 127. The second-order valence-electron chi connectivity index (χ2n) is 7.94. The van der Waals surface area contributed by atoms with Crippen LogP contribution in [0, 0.1) is 0 Å². The third kappa shape index (κ3) is 8.25. The van der Waals surface area contributed by atoms with Crippen LogP contribution in [0.5, 0.6) is 0 Å². The third-order valence-corrected chi connectivity index (χ3v) is 5.83. The van der Waals surface area contributed by atoms with E-state index in [4.69, 9.17) is 16.6 Å². The SMILES string of the molecule is CCNC(=NCc1ccc(CN2CCC(O)CC2)cc1)N(C)Cc1ccccc1Cl.I. The van der Waals surface area contributed by atoms with Crippen LogP contribution < -0.4 is 5.32 Å². The molecule has 0 aliphatic carbocycles. The molecule has 1 heterocycles. The number of hydrogen-bond donors (Lipinski definition) is 2. The zero-order valence-electron chi connectivity index (χ0n) is 18.4. The van der Waals surface area contributed by atoms with E-state index >= 15 is 0 Å². The van der Waals surface area contributed by atoms with Gasteiger partial charge in [-0.3, -0.25) is 4.90 Å². The maximum absolute atomic E-state index is 9.65. The Hall–Kier alpha value is -1.35. The van der Waals surface area contributed by atoms with Gasteiger partial charge in [0.1, 0.15) is 0 Å². The first kappa shape index (κ1) is 25.9. The number of halogens is 2. The Morgan fingerprint density at radius 3 is 2.42 bits per heavy atom. The van der Waals surface area contributed by atoms with Crippen LogP contribution >= 0.6 is 35.6 Å². The van der Waals surface area contributed by atoms with E-state index in [0.717, 1.165) is 55.6 Å². The van der Waals surface area contributed by atoms with Crippen molar-refractivity contribution in [1.29, 1.82) is 0 Å². The van der Waals surface area contributed by atoms with Crippen molar-refractivity contribution in [3.8, 4) is 0 Å². The van der Waals surface area contributed by atoms with Gasteiger partial charge in [-0.2, -0.15) is 0 Å². The summed E-state index contributed by atoms with van der Waals surface area (Å²) in [5.74, 6) is 0.869. The number of nitrogens with zero attached hydrogens (tertiary/aromatic N) is 3. The van der Waals surface area contributed by atoms with Crippen LogP contribution in [0.1, 0.15) is 36.5 Å². The fraction of sp³-hybridized carbons (Fsp3) is 0.458. The summed E-state index contributed by atoms with van der Waals surface area (Å²) in [6.07, 6.45) is 1.63. The molecule has 0 unspecified atom stereocenters. The second-order valence-corrected chi connectivity index (χ2v) is 8.35. The van der Waals surface area contributed by atoms with Crippen molar-refractivity contribution in [3.63, 3.8) is 0 Å². The number of hydrogen-bond acceptors (Lipinski definition) is 3. The van der Waals surface area contributed by atoms with Gasteiger partial charge in [0, 0.05) is 44.8 Å². The summed E-state index contributed by atoms with van der Waals surface area (Å²) in [6.45, 7) is 7.11. The Kier molecular flexibility index (Phi) is 11.1. The van der Waals surface area contributed by atoms with E-state index in [1.54, 1.807) is 0 Å². The molecule has 2 N–H and O–H groups in total. The molecule has 3 rings (SSSR count). The molecule has 0 atom stereocenters. The highest BCUT2D eigenvalue weighted by Crippen LogP contribution is 2.17. The van der Waals surface area contributed by atoms with E-state index in [9.17, 15) is 5.11 Å². The van der Waals surface area contributed by atoms with Crippen LogP contribution in [-0.2, 0) is 19.6 Å². The van der Waals surface area contributed by atoms with Gasteiger partial charge in [-0.05, 0) is 42.5 Å². The fourth-order valence-electron chi connectivity index (χ4n) is 3.68. The van der Waals surface area contributed by atoms with Crippen molar-refractivity contribution in [2.24, 2.45) is 4.99 Å². The van der Waals surface area contributed by atoms with Crippen molar-refractivity contribution in [1.82, 2.24) is 15.1 Å². The van der Waals surface area contributed by atoms with E-state index in [1.165, 1.54) is 11.1 Å². The highest BCUT2D eigenvalue weighted by Gasteiger charge is 2.16. The topological polar surface area (TPSA) is 51.1 Å². The highest BCUT2D eigenvalue weighted by molar-refractivity contribution is 14.0. The lowest BCUT2D eigenvalue weighted by Gasteiger charge is -2.29. The maximum atomic E-state index is 9.65. The van der Waals surface area contributed by atoms with Crippen LogP contribution in [0.3, 0.4) is 0 Å². The molecule has 0 saturated carbocycles. The molecule has 1 fully saturated rings. The molecule has 170 valence electrons. The van der Waals surface area contributed by atoms with Crippen LogP contribution in [-0.4, -0.2) is 53.7 Å². The van der Waals surface area contributed by atoms with Gasteiger partial charge in [-0.25, -0.2) is 4.99 Å². The van der Waals surface area contributed by atoms with Crippen molar-refractivity contribution in [3.05, 3.63) is 70.2 Å². The zero-order chi connectivity index (χ0) is 21.3. The van der Waals surface area contributed by atoms with Gasteiger partial charge in [0.25, 0.3) is 0 Å². The Morgan fingerprint density at radius 1 is 1.13 bits per heavy atom. The van der Waals surface area contributed by atoms with Gasteiger partial charge < -0.3 is 15.3 Å². The molecule has 1 aliphatic rings. The number of rotatable bonds is 7. The predicted octanol–water partition coefficient (Wildman–Crippen LogP) is 4.51. The summed E-state index contributed by atoms with van der Waals surface area (Å²) in [7, 11) is 2.03. The molecule has 1 aliphatic heterocycles. The number of aliphatic hydroxyl groups is 1. The lowest BCUT2D eigenvalue weighted by molar-refractivity contribution is 0.0792. The minimum Gasteiger partial charge on any atom is -0.393 e. The molecule has 31 heavy (non-hydrogen) atoms. The summed E-state index contributed by atoms with van der Waals surface area (Å²) in [5, 5.41) is 13.8. The molecule has 2 aromatic carbocycles. The van der Waals surface area contributed by atoms with Crippen LogP contribution in [0.15, 0.2) is 53.5 Å². The van der Waals surface area contributed by atoms with Crippen molar-refractivity contribution in [2.45, 2.75) is 45.5 Å². The molecule has 0 aromatic heterocycles. The van der Waals surface area contributed by atoms with Crippen LogP contribution in [0.2, 0.25) is 5.02 Å². The number of aliphatic hydroxyl groups excluding tert-OH is 1. The van der Waals surface area contributed by atoms with Gasteiger partial charge >= 0.3 is 0 Å². The quantitative estimate of drug-likeness (QED) is 0.299. The monoisotopic (exact) mass is 556 g/mol. The first-order chi connectivity index (χ1) is 14.5. The average Bonchev–Trinajstić information content (AvgIpc) is 2.75. The molecule has 7 heteroatoms. The molecule has 5 nitrogen and oxygen atoms in total. The predicted molar refractivity (Wildman–Crippen MR) is 140 cm³/mol. The summed E-state index contributed by atoms with van der Waals surface area (Å²) in [4.78, 5) is 9.32. The van der Waals surface area contributed by atoms with Crippen molar-refractivity contribution in [2.75, 3.05) is 26.7 Å². The molecule has 2 aromatic rings. The van der Waals surface area contributed by atoms with Gasteiger partial charge in [-0.15, -0.1) is 24.0 Å². The number of piperidine rings is 1. The summed E-state index contributed by atoms with van der Waals surface area (Å²) >= 11 is 6.31. The maximum Gasteiger partial charge on any atom is 0.194 e. The van der Waals surface area contributed by atoms with Gasteiger partial charge in [0.15, 0.2) is 5.96 Å². The number of likely N-dealkylation sites (tertiary alicyclic amines) is 1. The zero-order valence-corrected chi connectivity index (χ0v) is 21.5. The first-order valence-electron chi connectivity index (χ1n) is 10.8. The third-order valence-electron chi connectivity index (χ3n) is 5.46. The van der Waals surface area contributed by atoms with Gasteiger partial charge in [-0.1, -0.05) is 54.1 Å². The summed E-state index contributed by atoms with van der Waals surface area (Å²) < 4.78 is 0. The number of guanidine groups is 1. The minimum absolute atomic E-state index is 0. The van der Waals surface area contributed by atoms with Crippen LogP contribution in [0.25, 0.3) is 0 Å². The fourth-order valence-corrected chi connectivity index (χ4v) is 3.87. The lowest BCUT2D eigenvalue weighted by Crippen LogP contribution is -2.38. The lowest BCUT2D eigenvalue weighted by atomic mass is 10.1. The van der Waals surface area contributed by atoms with E-state index < -0.39 is 0 Å². The molecular formula is C24H34ClIN4O. The standard InChI is InChI=1S/C24H33ClN4O.HI/c1-3-26-24(28(2)18-21-6-4-5-7-23(21)25)27-16-19-8-10-20(11-9-19)17-29-14-12-22(30)13-15-29;/h4-11,22,30H,3,12-18H2,1-2H3,(H,26,27);1H. The molecular weight excluding hydrogens is 523 g/mol. The number of nitrogens with one attached hydrogen (secondary N) is 1. The number of benzene rings is 2. The smallest absolute Gasteiger partial charge is 0.194 e. The second kappa shape index (κ2) is 13.3. The van der Waals surface area contributed by atoms with Crippen molar-refractivity contribution < 1.29 is 5.11 Å². The largest absolute Gasteiger partial charge is 0.393 e.